The molecular formula is C11H18N2O3. The maximum Gasteiger partial charge on any atom is 0.249 e. The molecule has 0 bridgehead atoms. The van der Waals surface area contributed by atoms with Gasteiger partial charge in [0.15, 0.2) is 0 Å². The van der Waals surface area contributed by atoms with Gasteiger partial charge < -0.3 is 4.90 Å². The molecule has 1 saturated heterocycles. The smallest absolute Gasteiger partial charge is 0.249 e. The topological polar surface area (TPSA) is 66.5 Å². The van der Waals surface area contributed by atoms with Crippen LogP contribution in [-0.2, 0) is 14.4 Å². The SMILES string of the molecule is CCC(C)CC(=O)N1CC(=O)NC(=O)C1C. The average molecular weight is 226 g/mol. The minimum absolute atomic E-state index is 0.0117. The van der Waals surface area contributed by atoms with E-state index in [4.69, 9.17) is 0 Å². The molecule has 0 spiro atoms. The molecule has 0 aromatic carbocycles. The molecule has 5 heteroatoms. The summed E-state index contributed by atoms with van der Waals surface area (Å²) in [4.78, 5) is 35.7. The van der Waals surface area contributed by atoms with Crippen LogP contribution in [0.25, 0.3) is 0 Å². The lowest BCUT2D eigenvalue weighted by Crippen LogP contribution is -2.58. The third-order valence-electron chi connectivity index (χ3n) is 2.96. The summed E-state index contributed by atoms with van der Waals surface area (Å²) in [7, 11) is 0. The Balaban J connectivity index is 2.66. The summed E-state index contributed by atoms with van der Waals surface area (Å²) < 4.78 is 0. The first-order valence-corrected chi connectivity index (χ1v) is 5.58. The van der Waals surface area contributed by atoms with Gasteiger partial charge in [-0.2, -0.15) is 0 Å². The van der Waals surface area contributed by atoms with Gasteiger partial charge in [0, 0.05) is 6.42 Å². The van der Waals surface area contributed by atoms with Crippen LogP contribution in [0.2, 0.25) is 0 Å². The minimum Gasteiger partial charge on any atom is -0.322 e. The normalized spacial score (nSPS) is 22.9. The molecule has 2 atom stereocenters. The Morgan fingerprint density at radius 3 is 2.75 bits per heavy atom. The first kappa shape index (κ1) is 12.7. The Kier molecular flexibility index (Phi) is 4.04. The maximum absolute atomic E-state index is 11.9. The molecule has 5 nitrogen and oxygen atoms in total. The molecule has 90 valence electrons. The Hall–Kier alpha value is -1.39. The van der Waals surface area contributed by atoms with Crippen molar-refractivity contribution in [2.45, 2.75) is 39.7 Å². The van der Waals surface area contributed by atoms with E-state index in [0.717, 1.165) is 6.42 Å². The van der Waals surface area contributed by atoms with Gasteiger partial charge in [0.1, 0.15) is 12.6 Å². The van der Waals surface area contributed by atoms with Crippen molar-refractivity contribution in [3.63, 3.8) is 0 Å². The van der Waals surface area contributed by atoms with E-state index in [2.05, 4.69) is 5.32 Å². The number of nitrogens with zero attached hydrogens (tertiary/aromatic N) is 1. The summed E-state index contributed by atoms with van der Waals surface area (Å²) in [5.41, 5.74) is 0. The van der Waals surface area contributed by atoms with E-state index in [9.17, 15) is 14.4 Å². The molecule has 1 N–H and O–H groups in total. The lowest BCUT2D eigenvalue weighted by atomic mass is 10.0. The van der Waals surface area contributed by atoms with Gasteiger partial charge in [-0.3, -0.25) is 19.7 Å². The summed E-state index contributed by atoms with van der Waals surface area (Å²) in [6.07, 6.45) is 1.30. The fraction of sp³-hybridized carbons (Fsp3) is 0.727. The molecule has 1 aliphatic heterocycles. The number of hydrogen-bond acceptors (Lipinski definition) is 3. The van der Waals surface area contributed by atoms with Gasteiger partial charge in [0.2, 0.25) is 17.7 Å². The first-order chi connectivity index (χ1) is 7.45. The van der Waals surface area contributed by atoms with Crippen LogP contribution in [0.1, 0.15) is 33.6 Å². The van der Waals surface area contributed by atoms with Gasteiger partial charge in [-0.15, -0.1) is 0 Å². The van der Waals surface area contributed by atoms with E-state index in [1.807, 2.05) is 13.8 Å². The molecule has 0 saturated carbocycles. The largest absolute Gasteiger partial charge is 0.322 e. The number of amides is 3. The van der Waals surface area contributed by atoms with Crippen molar-refractivity contribution in [1.82, 2.24) is 10.2 Å². The summed E-state index contributed by atoms with van der Waals surface area (Å²) >= 11 is 0. The summed E-state index contributed by atoms with van der Waals surface area (Å²) in [6, 6.07) is -0.547. The first-order valence-electron chi connectivity index (χ1n) is 5.58. The van der Waals surface area contributed by atoms with Gasteiger partial charge in [-0.1, -0.05) is 20.3 Å². The molecule has 1 aliphatic rings. The van der Waals surface area contributed by atoms with E-state index >= 15 is 0 Å². The highest BCUT2D eigenvalue weighted by molar-refractivity contribution is 6.04. The predicted octanol–water partition coefficient (Wildman–Crippen LogP) is 0.296. The highest BCUT2D eigenvalue weighted by Gasteiger charge is 2.33. The van der Waals surface area contributed by atoms with Gasteiger partial charge in [0.25, 0.3) is 0 Å². The number of rotatable bonds is 3. The molecule has 1 heterocycles. The number of carbonyl (C=O) groups is 3. The second-order valence-corrected chi connectivity index (χ2v) is 4.33. The van der Waals surface area contributed by atoms with Crippen molar-refractivity contribution in [3.05, 3.63) is 0 Å². The third kappa shape index (κ3) is 2.81. The monoisotopic (exact) mass is 226 g/mol. The molecule has 1 rings (SSSR count). The standard InChI is InChI=1S/C11H18N2O3/c1-4-7(2)5-10(15)13-6-9(14)12-11(16)8(13)3/h7-8H,4-6H2,1-3H3,(H,12,14,16). The van der Waals surface area contributed by atoms with Crippen LogP contribution in [0.4, 0.5) is 0 Å². The number of imide groups is 1. The zero-order valence-corrected chi connectivity index (χ0v) is 9.95. The second kappa shape index (κ2) is 5.09. The van der Waals surface area contributed by atoms with Gasteiger partial charge >= 0.3 is 0 Å². The van der Waals surface area contributed by atoms with Crippen LogP contribution in [0, 0.1) is 5.92 Å². The molecule has 16 heavy (non-hydrogen) atoms. The summed E-state index contributed by atoms with van der Waals surface area (Å²) in [5.74, 6) is -0.640. The Morgan fingerprint density at radius 2 is 2.19 bits per heavy atom. The molecule has 3 amide bonds. The molecule has 0 aromatic rings. The molecule has 2 unspecified atom stereocenters. The van der Waals surface area contributed by atoms with Gasteiger partial charge in [-0.05, 0) is 12.8 Å². The third-order valence-corrected chi connectivity index (χ3v) is 2.96. The predicted molar refractivity (Wildman–Crippen MR) is 58.4 cm³/mol. The van der Waals surface area contributed by atoms with Gasteiger partial charge in [0.05, 0.1) is 0 Å². The highest BCUT2D eigenvalue weighted by Crippen LogP contribution is 2.13. The Labute approximate surface area is 95.2 Å². The van der Waals surface area contributed by atoms with Crippen molar-refractivity contribution in [3.8, 4) is 0 Å². The van der Waals surface area contributed by atoms with E-state index in [1.54, 1.807) is 6.92 Å². The number of piperazine rings is 1. The van der Waals surface area contributed by atoms with Crippen LogP contribution in [0.3, 0.4) is 0 Å². The fourth-order valence-electron chi connectivity index (χ4n) is 1.58. The van der Waals surface area contributed by atoms with Crippen molar-refractivity contribution >= 4 is 17.7 Å². The highest BCUT2D eigenvalue weighted by atomic mass is 16.2. The Bertz CT molecular complexity index is 314. The van der Waals surface area contributed by atoms with Crippen molar-refractivity contribution < 1.29 is 14.4 Å². The minimum atomic E-state index is -0.547. The zero-order valence-electron chi connectivity index (χ0n) is 9.95. The van der Waals surface area contributed by atoms with Crippen LogP contribution < -0.4 is 5.32 Å². The number of nitrogens with one attached hydrogen (secondary N) is 1. The molecule has 0 radical (unpaired) electrons. The van der Waals surface area contributed by atoms with Crippen LogP contribution in [0.15, 0.2) is 0 Å². The van der Waals surface area contributed by atoms with Gasteiger partial charge in [-0.25, -0.2) is 0 Å². The second-order valence-electron chi connectivity index (χ2n) is 4.33. The van der Waals surface area contributed by atoms with E-state index in [0.29, 0.717) is 6.42 Å². The van der Waals surface area contributed by atoms with Crippen LogP contribution >= 0.6 is 0 Å². The van der Waals surface area contributed by atoms with E-state index < -0.39 is 17.9 Å². The van der Waals surface area contributed by atoms with Crippen molar-refractivity contribution in [2.24, 2.45) is 5.92 Å². The van der Waals surface area contributed by atoms with Crippen molar-refractivity contribution in [1.29, 1.82) is 0 Å². The fourth-order valence-corrected chi connectivity index (χ4v) is 1.58. The summed E-state index contributed by atoms with van der Waals surface area (Å²) in [5, 5.41) is 2.21. The number of hydrogen-bond donors (Lipinski definition) is 1. The van der Waals surface area contributed by atoms with E-state index in [1.165, 1.54) is 4.90 Å². The van der Waals surface area contributed by atoms with Crippen molar-refractivity contribution in [2.75, 3.05) is 6.54 Å². The molecular weight excluding hydrogens is 208 g/mol. The summed E-state index contributed by atoms with van der Waals surface area (Å²) in [6.45, 7) is 5.61. The molecule has 0 aromatic heterocycles. The number of carbonyl (C=O) groups excluding carboxylic acids is 3. The lowest BCUT2D eigenvalue weighted by molar-refractivity contribution is -0.149. The Morgan fingerprint density at radius 1 is 1.56 bits per heavy atom. The maximum atomic E-state index is 11.9. The lowest BCUT2D eigenvalue weighted by Gasteiger charge is -2.32. The average Bonchev–Trinajstić information content (AvgIpc) is 2.22. The zero-order chi connectivity index (χ0) is 12.3. The molecule has 0 aliphatic carbocycles. The van der Waals surface area contributed by atoms with Crippen LogP contribution in [-0.4, -0.2) is 35.2 Å². The van der Waals surface area contributed by atoms with E-state index in [-0.39, 0.29) is 18.4 Å². The van der Waals surface area contributed by atoms with Crippen LogP contribution in [0.5, 0.6) is 0 Å². The molecule has 1 fully saturated rings. The quantitative estimate of drug-likeness (QED) is 0.704.